The number of alkyl halides is 2. The van der Waals surface area contributed by atoms with Crippen molar-refractivity contribution in [3.05, 3.63) is 27.5 Å². The van der Waals surface area contributed by atoms with Gasteiger partial charge in [0.1, 0.15) is 5.69 Å². The minimum atomic E-state index is -2.28. The minimum Gasteiger partial charge on any atom is -0.339 e. The number of halogens is 4. The summed E-state index contributed by atoms with van der Waals surface area (Å²) < 4.78 is 25.9. The van der Waals surface area contributed by atoms with Crippen molar-refractivity contribution in [2.24, 2.45) is 17.8 Å². The van der Waals surface area contributed by atoms with Gasteiger partial charge in [0.25, 0.3) is 0 Å². The van der Waals surface area contributed by atoms with E-state index in [2.05, 4.69) is 4.98 Å². The van der Waals surface area contributed by atoms with Crippen LogP contribution >= 0.6 is 23.2 Å². The molecule has 4 nitrogen and oxygen atoms in total. The van der Waals surface area contributed by atoms with Gasteiger partial charge in [-0.15, -0.1) is 0 Å². The summed E-state index contributed by atoms with van der Waals surface area (Å²) in [5.41, 5.74) is 0.514. The second-order valence-electron chi connectivity index (χ2n) is 8.24. The third-order valence-electron chi connectivity index (χ3n) is 6.61. The highest BCUT2D eigenvalue weighted by Crippen LogP contribution is 2.45. The lowest BCUT2D eigenvalue weighted by atomic mass is 9.65. The summed E-state index contributed by atoms with van der Waals surface area (Å²) in [5.74, 6) is 0.115. The molecule has 0 bridgehead atoms. The summed E-state index contributed by atoms with van der Waals surface area (Å²) in [5, 5.41) is 0.376. The Balaban J connectivity index is 1.75. The number of piperidine rings is 1. The van der Waals surface area contributed by atoms with Gasteiger partial charge in [0, 0.05) is 37.7 Å². The molecule has 2 fully saturated rings. The average molecular weight is 447 g/mol. The van der Waals surface area contributed by atoms with Crippen LogP contribution in [0.1, 0.15) is 62.0 Å². The zero-order valence-electron chi connectivity index (χ0n) is 16.6. The molecule has 1 aliphatic heterocycles. The maximum atomic E-state index is 13.1. The van der Waals surface area contributed by atoms with Crippen LogP contribution in [0.4, 0.5) is 8.78 Å². The molecule has 1 saturated heterocycles. The van der Waals surface area contributed by atoms with E-state index in [0.29, 0.717) is 12.1 Å². The zero-order chi connectivity index (χ0) is 21.3. The Morgan fingerprint density at radius 2 is 1.97 bits per heavy atom. The van der Waals surface area contributed by atoms with Crippen molar-refractivity contribution < 1.29 is 18.4 Å². The highest BCUT2D eigenvalue weighted by Gasteiger charge is 2.43. The minimum absolute atomic E-state index is 0.0113. The van der Waals surface area contributed by atoms with Crippen LogP contribution in [0.2, 0.25) is 10.0 Å². The number of ketones is 1. The first-order chi connectivity index (χ1) is 13.7. The van der Waals surface area contributed by atoms with Crippen molar-refractivity contribution in [1.29, 1.82) is 0 Å². The van der Waals surface area contributed by atoms with E-state index >= 15 is 0 Å². The largest absolute Gasteiger partial charge is 0.339 e. The number of pyridine rings is 1. The molecule has 0 radical (unpaired) electrons. The predicted octanol–water partition coefficient (Wildman–Crippen LogP) is 5.44. The molecule has 0 aromatic carbocycles. The second-order valence-corrected chi connectivity index (χ2v) is 9.03. The van der Waals surface area contributed by atoms with Gasteiger partial charge in [0.15, 0.2) is 5.78 Å². The zero-order valence-corrected chi connectivity index (χ0v) is 18.1. The van der Waals surface area contributed by atoms with Gasteiger partial charge in [-0.3, -0.25) is 9.59 Å². The molecule has 29 heavy (non-hydrogen) atoms. The summed E-state index contributed by atoms with van der Waals surface area (Å²) in [6, 6.07) is -0.0200. The maximum absolute atomic E-state index is 13.1. The molecular formula is C21H26Cl2F2N2O2. The van der Waals surface area contributed by atoms with Gasteiger partial charge in [0.05, 0.1) is 16.5 Å². The predicted molar refractivity (Wildman–Crippen MR) is 109 cm³/mol. The number of aromatic nitrogens is 1. The van der Waals surface area contributed by atoms with Crippen LogP contribution in [0.15, 0.2) is 6.20 Å². The number of carbonyl (C=O) groups excluding carboxylic acids is 2. The van der Waals surface area contributed by atoms with E-state index in [4.69, 9.17) is 23.2 Å². The molecule has 8 heteroatoms. The Morgan fingerprint density at radius 3 is 2.62 bits per heavy atom. The number of carbonyl (C=O) groups is 2. The van der Waals surface area contributed by atoms with E-state index in [1.54, 1.807) is 0 Å². The summed E-state index contributed by atoms with van der Waals surface area (Å²) in [6.45, 7) is 3.91. The monoisotopic (exact) mass is 446 g/mol. The maximum Gasteiger partial charge on any atom is 0.238 e. The Morgan fingerprint density at radius 1 is 1.24 bits per heavy atom. The van der Waals surface area contributed by atoms with Gasteiger partial charge in [-0.25, -0.2) is 13.8 Å². The summed E-state index contributed by atoms with van der Waals surface area (Å²) in [7, 11) is 0. The lowest BCUT2D eigenvalue weighted by Crippen LogP contribution is -2.53. The Bertz CT molecular complexity index is 790. The van der Waals surface area contributed by atoms with E-state index in [0.717, 1.165) is 25.7 Å². The molecule has 0 spiro atoms. The molecule has 160 valence electrons. The number of likely N-dealkylation sites (tertiary alicyclic amines) is 1. The Hall–Kier alpha value is -1.27. The van der Waals surface area contributed by atoms with Crippen molar-refractivity contribution in [2.75, 3.05) is 6.54 Å². The van der Waals surface area contributed by atoms with E-state index in [1.165, 1.54) is 13.1 Å². The molecule has 1 aliphatic carbocycles. The fraction of sp³-hybridized carbons (Fsp3) is 0.667. The Kier molecular flexibility index (Phi) is 7.15. The van der Waals surface area contributed by atoms with Gasteiger partial charge in [-0.2, -0.15) is 0 Å². The number of hydrogen-bond donors (Lipinski definition) is 0. The number of Topliss-reactive ketones (excluding diaryl/α,β-unsaturated/α-hetero) is 1. The normalized spacial score (nSPS) is 27.1. The lowest BCUT2D eigenvalue weighted by molar-refractivity contribution is -0.138. The molecule has 1 saturated carbocycles. The lowest BCUT2D eigenvalue weighted by Gasteiger charge is -2.49. The van der Waals surface area contributed by atoms with Crippen molar-refractivity contribution in [1.82, 2.24) is 9.88 Å². The SMILES string of the molecule is CC(=O)c1ncc(Cl)c(CC(=O)N2CCC3C(CC(F)F)CCCC3C2C)c1Cl. The van der Waals surface area contributed by atoms with Crippen LogP contribution in [0.5, 0.6) is 0 Å². The molecule has 2 aliphatic rings. The third kappa shape index (κ3) is 4.74. The van der Waals surface area contributed by atoms with Gasteiger partial charge in [-0.05, 0) is 43.9 Å². The fourth-order valence-electron chi connectivity index (χ4n) is 5.20. The molecule has 4 atom stereocenters. The van der Waals surface area contributed by atoms with Crippen LogP contribution < -0.4 is 0 Å². The molecule has 2 heterocycles. The van der Waals surface area contributed by atoms with Gasteiger partial charge < -0.3 is 4.90 Å². The molecule has 1 aromatic heterocycles. The highest BCUT2D eigenvalue weighted by atomic mass is 35.5. The first-order valence-electron chi connectivity index (χ1n) is 10.1. The van der Waals surface area contributed by atoms with Crippen molar-refractivity contribution >= 4 is 34.9 Å². The van der Waals surface area contributed by atoms with Crippen molar-refractivity contribution in [3.8, 4) is 0 Å². The second kappa shape index (κ2) is 9.25. The number of fused-ring (bicyclic) bond motifs is 1. The van der Waals surface area contributed by atoms with Crippen LogP contribution in [-0.4, -0.2) is 40.6 Å². The smallest absolute Gasteiger partial charge is 0.238 e. The number of amides is 1. The van der Waals surface area contributed by atoms with Crippen LogP contribution in [-0.2, 0) is 11.2 Å². The number of nitrogens with zero attached hydrogens (tertiary/aromatic N) is 2. The number of hydrogen-bond acceptors (Lipinski definition) is 3. The Labute approximate surface area is 179 Å². The number of rotatable bonds is 5. The summed E-state index contributed by atoms with van der Waals surface area (Å²) in [6.07, 6.45) is 2.49. The van der Waals surface area contributed by atoms with Crippen LogP contribution in [0.25, 0.3) is 0 Å². The topological polar surface area (TPSA) is 50.3 Å². The molecule has 4 unspecified atom stereocenters. The standard InChI is InChI=1S/C21H26Cl2F2N2O2/c1-11-14-5-3-4-13(8-18(24)25)15(14)6-7-27(11)19(29)9-16-17(22)10-26-21(12(2)28)20(16)23/h10-11,13-15,18H,3-9H2,1-2H3. The van der Waals surface area contributed by atoms with E-state index < -0.39 is 6.43 Å². The third-order valence-corrected chi connectivity index (χ3v) is 7.35. The van der Waals surface area contributed by atoms with E-state index in [1.807, 2.05) is 11.8 Å². The molecule has 3 rings (SSSR count). The molecule has 0 N–H and O–H groups in total. The van der Waals surface area contributed by atoms with E-state index in [-0.39, 0.29) is 64.1 Å². The van der Waals surface area contributed by atoms with Gasteiger partial charge >= 0.3 is 0 Å². The molecule has 1 amide bonds. The van der Waals surface area contributed by atoms with Crippen molar-refractivity contribution in [3.63, 3.8) is 0 Å². The van der Waals surface area contributed by atoms with E-state index in [9.17, 15) is 18.4 Å². The average Bonchev–Trinajstić information content (AvgIpc) is 2.65. The molecular weight excluding hydrogens is 421 g/mol. The first kappa shape index (κ1) is 22.4. The van der Waals surface area contributed by atoms with Crippen molar-refractivity contribution in [2.45, 2.75) is 64.8 Å². The fourth-order valence-corrected chi connectivity index (χ4v) is 5.81. The van der Waals surface area contributed by atoms with Crippen LogP contribution in [0.3, 0.4) is 0 Å². The van der Waals surface area contributed by atoms with Crippen LogP contribution in [0, 0.1) is 17.8 Å². The summed E-state index contributed by atoms with van der Waals surface area (Å²) >= 11 is 12.5. The summed E-state index contributed by atoms with van der Waals surface area (Å²) in [4.78, 5) is 30.6. The molecule has 1 aromatic rings. The van der Waals surface area contributed by atoms with Gasteiger partial charge in [-0.1, -0.05) is 29.6 Å². The van der Waals surface area contributed by atoms with Gasteiger partial charge in [0.2, 0.25) is 12.3 Å². The highest BCUT2D eigenvalue weighted by molar-refractivity contribution is 6.38. The first-order valence-corrected chi connectivity index (χ1v) is 10.9. The quantitative estimate of drug-likeness (QED) is 0.565.